The van der Waals surface area contributed by atoms with Crippen molar-refractivity contribution in [3.05, 3.63) is 41.9 Å². The van der Waals surface area contributed by atoms with Crippen LogP contribution >= 0.6 is 11.3 Å². The third-order valence-corrected chi connectivity index (χ3v) is 7.12. The van der Waals surface area contributed by atoms with Crippen LogP contribution in [0.4, 0.5) is 5.13 Å². The summed E-state index contributed by atoms with van der Waals surface area (Å²) < 4.78 is 27.0. The molecule has 0 radical (unpaired) electrons. The van der Waals surface area contributed by atoms with Gasteiger partial charge in [0.1, 0.15) is 0 Å². The van der Waals surface area contributed by atoms with Crippen molar-refractivity contribution in [3.63, 3.8) is 0 Å². The van der Waals surface area contributed by atoms with Gasteiger partial charge in [-0.05, 0) is 25.0 Å². The molecular formula is C18H22N4O4S2. The van der Waals surface area contributed by atoms with E-state index in [1.807, 2.05) is 0 Å². The minimum atomic E-state index is -3.64. The van der Waals surface area contributed by atoms with Gasteiger partial charge in [-0.25, -0.2) is 13.4 Å². The number of amides is 2. The number of piperidine rings is 1. The summed E-state index contributed by atoms with van der Waals surface area (Å²) in [6.07, 6.45) is 2.78. The van der Waals surface area contributed by atoms with Crippen LogP contribution in [-0.2, 0) is 19.6 Å². The first-order chi connectivity index (χ1) is 13.4. The number of rotatable bonds is 6. The Morgan fingerprint density at radius 2 is 2.07 bits per heavy atom. The predicted octanol–water partition coefficient (Wildman–Crippen LogP) is 1.64. The maximum Gasteiger partial charge on any atom is 0.245 e. The quantitative estimate of drug-likeness (QED) is 0.763. The molecule has 10 heteroatoms. The molecule has 150 valence electrons. The van der Waals surface area contributed by atoms with Gasteiger partial charge in [0.15, 0.2) is 5.13 Å². The molecule has 0 aliphatic carbocycles. The third kappa shape index (κ3) is 4.75. The number of thiazole rings is 1. The second kappa shape index (κ2) is 8.80. The summed E-state index contributed by atoms with van der Waals surface area (Å²) in [5.74, 6) is -1.04. The first-order valence-electron chi connectivity index (χ1n) is 8.87. The van der Waals surface area contributed by atoms with E-state index in [1.165, 1.54) is 20.5 Å². The highest BCUT2D eigenvalue weighted by Crippen LogP contribution is 2.24. The molecule has 1 aromatic heterocycles. The number of likely N-dealkylation sites (N-methyl/N-ethyl adjacent to an activating group) is 1. The Morgan fingerprint density at radius 1 is 1.32 bits per heavy atom. The second-order valence-corrected chi connectivity index (χ2v) is 9.43. The molecular weight excluding hydrogens is 400 g/mol. The fraction of sp³-hybridized carbons (Fsp3) is 0.389. The lowest BCUT2D eigenvalue weighted by Gasteiger charge is -2.33. The summed E-state index contributed by atoms with van der Waals surface area (Å²) in [5, 5.41) is 4.85. The minimum absolute atomic E-state index is 0.111. The number of carbonyl (C=O) groups is 2. The van der Waals surface area contributed by atoms with Crippen LogP contribution < -0.4 is 5.32 Å². The number of sulfonamides is 1. The molecule has 1 aliphatic rings. The number of hydrogen-bond acceptors (Lipinski definition) is 6. The molecule has 28 heavy (non-hydrogen) atoms. The molecule has 2 amide bonds. The van der Waals surface area contributed by atoms with Gasteiger partial charge in [0, 0.05) is 31.7 Å². The van der Waals surface area contributed by atoms with E-state index in [2.05, 4.69) is 10.3 Å². The zero-order valence-corrected chi connectivity index (χ0v) is 17.1. The Balaban J connectivity index is 1.61. The Bertz CT molecular complexity index is 916. The molecule has 1 saturated heterocycles. The van der Waals surface area contributed by atoms with Crippen molar-refractivity contribution >= 4 is 38.3 Å². The summed E-state index contributed by atoms with van der Waals surface area (Å²) in [4.78, 5) is 30.4. The van der Waals surface area contributed by atoms with Gasteiger partial charge in [-0.2, -0.15) is 4.31 Å². The van der Waals surface area contributed by atoms with E-state index in [4.69, 9.17) is 0 Å². The van der Waals surface area contributed by atoms with E-state index in [1.54, 1.807) is 49.0 Å². The van der Waals surface area contributed by atoms with E-state index in [0.29, 0.717) is 24.5 Å². The number of nitrogens with zero attached hydrogens (tertiary/aromatic N) is 3. The fourth-order valence-electron chi connectivity index (χ4n) is 3.15. The normalized spacial score (nSPS) is 17.8. The lowest BCUT2D eigenvalue weighted by atomic mass is 9.98. The summed E-state index contributed by atoms with van der Waals surface area (Å²) in [6.45, 7) is 0.393. The first kappa shape index (κ1) is 20.4. The fourth-order valence-corrected chi connectivity index (χ4v) is 5.24. The van der Waals surface area contributed by atoms with Gasteiger partial charge < -0.3 is 10.2 Å². The molecule has 1 N–H and O–H groups in total. The number of benzene rings is 1. The van der Waals surface area contributed by atoms with Crippen LogP contribution in [0.1, 0.15) is 12.8 Å². The SMILES string of the molecule is CN(CC(=O)Nc1nccs1)C(=O)[C@@H]1CCCN(S(=O)(=O)c2ccccc2)C1. The predicted molar refractivity (Wildman–Crippen MR) is 106 cm³/mol. The van der Waals surface area contributed by atoms with Crippen molar-refractivity contribution in [2.24, 2.45) is 5.92 Å². The second-order valence-electron chi connectivity index (χ2n) is 6.59. The van der Waals surface area contributed by atoms with Crippen molar-refractivity contribution < 1.29 is 18.0 Å². The van der Waals surface area contributed by atoms with Crippen LogP contribution in [0.25, 0.3) is 0 Å². The Hall–Kier alpha value is -2.30. The Kier molecular flexibility index (Phi) is 6.42. The number of hydrogen-bond donors (Lipinski definition) is 1. The van der Waals surface area contributed by atoms with Gasteiger partial charge >= 0.3 is 0 Å². The molecule has 8 nitrogen and oxygen atoms in total. The number of anilines is 1. The Morgan fingerprint density at radius 3 is 2.75 bits per heavy atom. The summed E-state index contributed by atoms with van der Waals surface area (Å²) >= 11 is 1.30. The van der Waals surface area contributed by atoms with Gasteiger partial charge in [-0.3, -0.25) is 9.59 Å². The molecule has 1 aromatic carbocycles. The van der Waals surface area contributed by atoms with Crippen molar-refractivity contribution in [1.29, 1.82) is 0 Å². The highest BCUT2D eigenvalue weighted by atomic mass is 32.2. The zero-order chi connectivity index (χ0) is 20.1. The molecule has 2 aromatic rings. The zero-order valence-electron chi connectivity index (χ0n) is 15.4. The molecule has 1 aliphatic heterocycles. The number of carbonyl (C=O) groups excluding carboxylic acids is 2. The topological polar surface area (TPSA) is 99.7 Å². The average molecular weight is 423 g/mol. The number of nitrogens with one attached hydrogen (secondary N) is 1. The molecule has 0 spiro atoms. The van der Waals surface area contributed by atoms with Gasteiger partial charge in [-0.15, -0.1) is 11.3 Å². The van der Waals surface area contributed by atoms with Gasteiger partial charge in [0.05, 0.1) is 17.4 Å². The van der Waals surface area contributed by atoms with Crippen LogP contribution in [-0.4, -0.2) is 61.1 Å². The van der Waals surface area contributed by atoms with Crippen molar-refractivity contribution in [2.45, 2.75) is 17.7 Å². The van der Waals surface area contributed by atoms with E-state index >= 15 is 0 Å². The minimum Gasteiger partial charge on any atom is -0.336 e. The van der Waals surface area contributed by atoms with Gasteiger partial charge in [0.2, 0.25) is 21.8 Å². The molecule has 3 rings (SSSR count). The van der Waals surface area contributed by atoms with Crippen molar-refractivity contribution in [1.82, 2.24) is 14.2 Å². The molecule has 1 fully saturated rings. The maximum absolute atomic E-state index is 12.8. The van der Waals surface area contributed by atoms with Crippen molar-refractivity contribution in [2.75, 3.05) is 32.0 Å². The van der Waals surface area contributed by atoms with Crippen LogP contribution in [0.3, 0.4) is 0 Å². The van der Waals surface area contributed by atoms with Crippen LogP contribution in [0.5, 0.6) is 0 Å². The van der Waals surface area contributed by atoms with Crippen LogP contribution in [0, 0.1) is 5.92 Å². The van der Waals surface area contributed by atoms with Crippen molar-refractivity contribution in [3.8, 4) is 0 Å². The molecule has 1 atom stereocenters. The molecule has 0 saturated carbocycles. The van der Waals surface area contributed by atoms with E-state index in [-0.39, 0.29) is 29.8 Å². The summed E-state index contributed by atoms with van der Waals surface area (Å²) in [7, 11) is -2.09. The third-order valence-electron chi connectivity index (χ3n) is 4.55. The lowest BCUT2D eigenvalue weighted by molar-refractivity contribution is -0.138. The Labute approximate surface area is 168 Å². The summed E-state index contributed by atoms with van der Waals surface area (Å²) in [5.41, 5.74) is 0. The van der Waals surface area contributed by atoms with Gasteiger partial charge in [-0.1, -0.05) is 18.2 Å². The maximum atomic E-state index is 12.8. The van der Waals surface area contributed by atoms with Crippen LogP contribution in [0.15, 0.2) is 46.8 Å². The van der Waals surface area contributed by atoms with Gasteiger partial charge in [0.25, 0.3) is 0 Å². The molecule has 0 unspecified atom stereocenters. The van der Waals surface area contributed by atoms with E-state index in [9.17, 15) is 18.0 Å². The molecule has 2 heterocycles. The monoisotopic (exact) mass is 422 g/mol. The highest BCUT2D eigenvalue weighted by Gasteiger charge is 2.34. The number of aromatic nitrogens is 1. The average Bonchev–Trinajstić information content (AvgIpc) is 3.21. The van der Waals surface area contributed by atoms with Crippen LogP contribution in [0.2, 0.25) is 0 Å². The molecule has 0 bridgehead atoms. The lowest BCUT2D eigenvalue weighted by Crippen LogP contribution is -2.47. The first-order valence-corrected chi connectivity index (χ1v) is 11.2. The largest absolute Gasteiger partial charge is 0.336 e. The summed E-state index contributed by atoms with van der Waals surface area (Å²) in [6, 6.07) is 8.21. The van der Waals surface area contributed by atoms with E-state index < -0.39 is 15.9 Å². The van der Waals surface area contributed by atoms with E-state index in [0.717, 1.165) is 0 Å². The standard InChI is InChI=1S/C18H22N4O4S2/c1-21(13-16(23)20-18-19-9-11-27-18)17(24)14-6-5-10-22(12-14)28(25,26)15-7-3-2-4-8-15/h2-4,7-9,11,14H,5-6,10,12-13H2,1H3,(H,19,20,23)/t14-/m1/s1. The smallest absolute Gasteiger partial charge is 0.245 e. The highest BCUT2D eigenvalue weighted by molar-refractivity contribution is 7.89.